The Bertz CT molecular complexity index is 912. The van der Waals surface area contributed by atoms with Gasteiger partial charge in [-0.05, 0) is 31.2 Å². The zero-order chi connectivity index (χ0) is 16.5. The Balaban J connectivity index is 1.88. The lowest BCUT2D eigenvalue weighted by Crippen LogP contribution is -2.50. The van der Waals surface area contributed by atoms with Crippen LogP contribution >= 0.6 is 0 Å². The van der Waals surface area contributed by atoms with Crippen LogP contribution in [0.4, 0.5) is 6.01 Å². The fraction of sp³-hybridized carbons (Fsp3) is 0.278. The Morgan fingerprint density at radius 1 is 1.38 bits per heavy atom. The third kappa shape index (κ3) is 2.49. The summed E-state index contributed by atoms with van der Waals surface area (Å²) in [5.74, 6) is 0. The van der Waals surface area contributed by atoms with E-state index in [1.165, 1.54) is 0 Å². The first kappa shape index (κ1) is 14.7. The minimum Gasteiger partial charge on any atom is -0.423 e. The van der Waals surface area contributed by atoms with Gasteiger partial charge in [0.2, 0.25) is 0 Å². The quantitative estimate of drug-likeness (QED) is 0.782. The molecule has 0 bridgehead atoms. The van der Waals surface area contributed by atoms with Crippen molar-refractivity contribution >= 4 is 17.1 Å². The molecule has 3 aromatic rings. The van der Waals surface area contributed by atoms with Gasteiger partial charge in [-0.2, -0.15) is 10.2 Å². The highest BCUT2D eigenvalue weighted by atomic mass is 16.4. The van der Waals surface area contributed by atoms with Gasteiger partial charge in [0.05, 0.1) is 17.3 Å². The van der Waals surface area contributed by atoms with Gasteiger partial charge in [-0.3, -0.25) is 4.98 Å². The van der Waals surface area contributed by atoms with Crippen molar-refractivity contribution in [3.8, 4) is 17.3 Å². The van der Waals surface area contributed by atoms with Crippen molar-refractivity contribution in [2.75, 3.05) is 24.5 Å². The zero-order valence-corrected chi connectivity index (χ0v) is 13.4. The highest BCUT2D eigenvalue weighted by molar-refractivity contribution is 5.91. The van der Waals surface area contributed by atoms with Gasteiger partial charge in [-0.25, -0.2) is 0 Å². The Kier molecular flexibility index (Phi) is 3.63. The van der Waals surface area contributed by atoms with Gasteiger partial charge in [-0.15, -0.1) is 0 Å². The van der Waals surface area contributed by atoms with Crippen LogP contribution in [-0.2, 0) is 0 Å². The highest BCUT2D eigenvalue weighted by Gasteiger charge is 2.24. The Labute approximate surface area is 139 Å². The molecule has 6 heteroatoms. The van der Waals surface area contributed by atoms with E-state index in [-0.39, 0.29) is 0 Å². The summed E-state index contributed by atoms with van der Waals surface area (Å²) < 4.78 is 6.10. The van der Waals surface area contributed by atoms with Gasteiger partial charge in [0.25, 0.3) is 6.01 Å². The topological polar surface area (TPSA) is 78.0 Å². The van der Waals surface area contributed by atoms with Crippen molar-refractivity contribution in [1.82, 2.24) is 15.3 Å². The Morgan fingerprint density at radius 2 is 2.29 bits per heavy atom. The average molecular weight is 319 g/mol. The summed E-state index contributed by atoms with van der Waals surface area (Å²) >= 11 is 0. The Hall–Kier alpha value is -2.91. The second-order valence-electron chi connectivity index (χ2n) is 5.94. The molecule has 6 nitrogen and oxygen atoms in total. The first-order valence-corrected chi connectivity index (χ1v) is 7.99. The predicted molar refractivity (Wildman–Crippen MR) is 91.6 cm³/mol. The summed E-state index contributed by atoms with van der Waals surface area (Å²) in [6, 6.07) is 12.4. The third-order valence-electron chi connectivity index (χ3n) is 4.30. The number of oxazole rings is 1. The van der Waals surface area contributed by atoms with Gasteiger partial charge < -0.3 is 14.6 Å². The number of nitriles is 1. The van der Waals surface area contributed by atoms with Crippen molar-refractivity contribution in [3.05, 3.63) is 42.1 Å². The number of piperazine rings is 1. The molecule has 0 spiro atoms. The molecule has 0 aliphatic carbocycles. The molecule has 0 unspecified atom stereocenters. The number of aromatic nitrogens is 2. The fourth-order valence-corrected chi connectivity index (χ4v) is 3.05. The molecule has 0 amide bonds. The molecule has 4 rings (SSSR count). The molecular weight excluding hydrogens is 302 g/mol. The average Bonchev–Trinajstić information content (AvgIpc) is 3.05. The Morgan fingerprint density at radius 3 is 3.04 bits per heavy atom. The number of hydrogen-bond acceptors (Lipinski definition) is 6. The SMILES string of the molecule is C[C@H]1CNCCN1c1nc2cc(C#N)cc(-c3ccccn3)c2o1. The van der Waals surface area contributed by atoms with E-state index in [0.29, 0.717) is 28.7 Å². The minimum atomic E-state index is 0.306. The van der Waals surface area contributed by atoms with E-state index in [0.717, 1.165) is 30.9 Å². The van der Waals surface area contributed by atoms with E-state index in [2.05, 4.69) is 33.2 Å². The molecule has 24 heavy (non-hydrogen) atoms. The van der Waals surface area contributed by atoms with Crippen molar-refractivity contribution in [2.45, 2.75) is 13.0 Å². The summed E-state index contributed by atoms with van der Waals surface area (Å²) in [6.45, 7) is 4.79. The molecule has 1 aliphatic heterocycles. The molecule has 1 aliphatic rings. The van der Waals surface area contributed by atoms with E-state index in [1.54, 1.807) is 18.3 Å². The summed E-state index contributed by atoms with van der Waals surface area (Å²) in [7, 11) is 0. The summed E-state index contributed by atoms with van der Waals surface area (Å²) in [5.41, 5.74) is 3.49. The monoisotopic (exact) mass is 319 g/mol. The summed E-state index contributed by atoms with van der Waals surface area (Å²) in [5, 5.41) is 12.7. The van der Waals surface area contributed by atoms with Gasteiger partial charge in [0.15, 0.2) is 5.58 Å². The normalized spacial score (nSPS) is 17.8. The van der Waals surface area contributed by atoms with Gasteiger partial charge in [-0.1, -0.05) is 6.07 Å². The fourth-order valence-electron chi connectivity index (χ4n) is 3.05. The van der Waals surface area contributed by atoms with Crippen molar-refractivity contribution in [2.24, 2.45) is 0 Å². The van der Waals surface area contributed by atoms with Crippen LogP contribution in [-0.4, -0.2) is 35.6 Å². The highest BCUT2D eigenvalue weighted by Crippen LogP contribution is 2.32. The molecule has 1 N–H and O–H groups in total. The van der Waals surface area contributed by atoms with E-state index in [4.69, 9.17) is 4.42 Å². The lowest BCUT2D eigenvalue weighted by Gasteiger charge is -2.32. The van der Waals surface area contributed by atoms with Crippen LogP contribution in [0.5, 0.6) is 0 Å². The second kappa shape index (κ2) is 5.95. The van der Waals surface area contributed by atoms with Crippen molar-refractivity contribution < 1.29 is 4.42 Å². The second-order valence-corrected chi connectivity index (χ2v) is 5.94. The lowest BCUT2D eigenvalue weighted by molar-refractivity contribution is 0.456. The lowest BCUT2D eigenvalue weighted by atomic mass is 10.1. The summed E-state index contributed by atoms with van der Waals surface area (Å²) in [4.78, 5) is 11.2. The maximum absolute atomic E-state index is 9.32. The predicted octanol–water partition coefficient (Wildman–Crippen LogP) is 2.56. The van der Waals surface area contributed by atoms with E-state index >= 15 is 0 Å². The summed E-state index contributed by atoms with van der Waals surface area (Å²) in [6.07, 6.45) is 1.73. The van der Waals surface area contributed by atoms with Crippen LogP contribution in [0.2, 0.25) is 0 Å². The van der Waals surface area contributed by atoms with E-state index in [1.807, 2.05) is 18.2 Å². The minimum absolute atomic E-state index is 0.306. The molecule has 120 valence electrons. The largest absolute Gasteiger partial charge is 0.423 e. The molecule has 2 aromatic heterocycles. The molecule has 1 fully saturated rings. The van der Waals surface area contributed by atoms with Crippen LogP contribution in [0, 0.1) is 11.3 Å². The van der Waals surface area contributed by atoms with Crippen LogP contribution in [0.3, 0.4) is 0 Å². The van der Waals surface area contributed by atoms with Crippen molar-refractivity contribution in [1.29, 1.82) is 5.26 Å². The number of benzene rings is 1. The number of fused-ring (bicyclic) bond motifs is 1. The number of nitrogens with one attached hydrogen (secondary N) is 1. The molecule has 3 heterocycles. The third-order valence-corrected chi connectivity index (χ3v) is 4.30. The molecule has 0 saturated carbocycles. The zero-order valence-electron chi connectivity index (χ0n) is 13.4. The number of anilines is 1. The maximum Gasteiger partial charge on any atom is 0.298 e. The van der Waals surface area contributed by atoms with Crippen LogP contribution < -0.4 is 10.2 Å². The van der Waals surface area contributed by atoms with Gasteiger partial charge in [0, 0.05) is 37.4 Å². The molecule has 1 aromatic carbocycles. The number of nitrogens with zero attached hydrogens (tertiary/aromatic N) is 4. The first-order valence-electron chi connectivity index (χ1n) is 7.99. The number of hydrogen-bond donors (Lipinski definition) is 1. The smallest absolute Gasteiger partial charge is 0.298 e. The van der Waals surface area contributed by atoms with Crippen LogP contribution in [0.15, 0.2) is 40.9 Å². The molecular formula is C18H17N5O. The first-order chi connectivity index (χ1) is 11.8. The van der Waals surface area contributed by atoms with Crippen LogP contribution in [0.25, 0.3) is 22.4 Å². The van der Waals surface area contributed by atoms with Crippen LogP contribution in [0.1, 0.15) is 12.5 Å². The standard InChI is InChI=1S/C18H17N5O/c1-12-11-20-6-7-23(12)18-22-16-9-13(10-19)8-14(17(16)24-18)15-4-2-3-5-21-15/h2-5,8-9,12,20H,6-7,11H2,1H3/t12-/m0/s1. The number of rotatable bonds is 2. The molecule has 0 radical (unpaired) electrons. The van der Waals surface area contributed by atoms with E-state index in [9.17, 15) is 5.26 Å². The van der Waals surface area contributed by atoms with E-state index < -0.39 is 0 Å². The number of pyridine rings is 1. The molecule has 1 atom stereocenters. The van der Waals surface area contributed by atoms with Gasteiger partial charge >= 0.3 is 0 Å². The maximum atomic E-state index is 9.32. The van der Waals surface area contributed by atoms with Crippen molar-refractivity contribution in [3.63, 3.8) is 0 Å². The molecule has 1 saturated heterocycles. The van der Waals surface area contributed by atoms with Gasteiger partial charge in [0.1, 0.15) is 5.52 Å².